The summed E-state index contributed by atoms with van der Waals surface area (Å²) in [4.78, 5) is 2.31. The maximum absolute atomic E-state index is 4.13. The van der Waals surface area contributed by atoms with Crippen molar-refractivity contribution in [2.75, 3.05) is 20.1 Å². The van der Waals surface area contributed by atoms with Crippen molar-refractivity contribution in [2.24, 2.45) is 0 Å². The van der Waals surface area contributed by atoms with Gasteiger partial charge in [-0.3, -0.25) is 4.90 Å². The van der Waals surface area contributed by atoms with Gasteiger partial charge in [0.1, 0.15) is 0 Å². The standard InChI is InChI=1S/C16H26N2/c1-13(2)17-10-14(3)11-18(5)12-16-9-7-6-8-15(16)4/h6-9,13,17H,3,10-12H2,1-2,4-5H3. The van der Waals surface area contributed by atoms with E-state index in [1.54, 1.807) is 0 Å². The minimum Gasteiger partial charge on any atom is -0.311 e. The minimum absolute atomic E-state index is 0.517. The zero-order valence-electron chi connectivity index (χ0n) is 12.2. The van der Waals surface area contributed by atoms with Gasteiger partial charge in [-0.25, -0.2) is 0 Å². The molecule has 0 amide bonds. The Bertz CT molecular complexity index is 382. The van der Waals surface area contributed by atoms with Gasteiger partial charge < -0.3 is 5.32 Å². The van der Waals surface area contributed by atoms with E-state index in [-0.39, 0.29) is 0 Å². The van der Waals surface area contributed by atoms with Gasteiger partial charge in [0.2, 0.25) is 0 Å². The molecule has 0 spiro atoms. The van der Waals surface area contributed by atoms with E-state index in [1.165, 1.54) is 16.7 Å². The molecule has 18 heavy (non-hydrogen) atoms. The molecule has 1 N–H and O–H groups in total. The van der Waals surface area contributed by atoms with Gasteiger partial charge in [-0.05, 0) is 30.7 Å². The van der Waals surface area contributed by atoms with Gasteiger partial charge in [-0.15, -0.1) is 0 Å². The van der Waals surface area contributed by atoms with E-state index in [0.29, 0.717) is 6.04 Å². The molecule has 0 aromatic heterocycles. The number of nitrogens with zero attached hydrogens (tertiary/aromatic N) is 1. The van der Waals surface area contributed by atoms with Crippen molar-refractivity contribution in [3.8, 4) is 0 Å². The molecule has 0 atom stereocenters. The quantitative estimate of drug-likeness (QED) is 0.744. The predicted octanol–water partition coefficient (Wildman–Crippen LogP) is 2.98. The summed E-state index contributed by atoms with van der Waals surface area (Å²) >= 11 is 0. The number of rotatable bonds is 7. The van der Waals surface area contributed by atoms with Gasteiger partial charge in [0.05, 0.1) is 0 Å². The lowest BCUT2D eigenvalue weighted by Crippen LogP contribution is -2.29. The average molecular weight is 246 g/mol. The first kappa shape index (κ1) is 14.9. The highest BCUT2D eigenvalue weighted by atomic mass is 15.1. The van der Waals surface area contributed by atoms with Crippen LogP contribution in [0.1, 0.15) is 25.0 Å². The van der Waals surface area contributed by atoms with Crippen molar-refractivity contribution in [2.45, 2.75) is 33.4 Å². The van der Waals surface area contributed by atoms with Crippen LogP contribution in [-0.4, -0.2) is 31.1 Å². The molecule has 1 aromatic carbocycles. The summed E-state index contributed by atoms with van der Waals surface area (Å²) in [6.45, 7) is 13.4. The summed E-state index contributed by atoms with van der Waals surface area (Å²) in [5.41, 5.74) is 3.99. The lowest BCUT2D eigenvalue weighted by atomic mass is 10.1. The Morgan fingerprint density at radius 2 is 2.00 bits per heavy atom. The molecule has 0 saturated heterocycles. The van der Waals surface area contributed by atoms with Gasteiger partial charge in [0.25, 0.3) is 0 Å². The van der Waals surface area contributed by atoms with Crippen LogP contribution in [0.3, 0.4) is 0 Å². The summed E-state index contributed by atoms with van der Waals surface area (Å²) < 4.78 is 0. The van der Waals surface area contributed by atoms with Crippen molar-refractivity contribution in [1.29, 1.82) is 0 Å². The highest BCUT2D eigenvalue weighted by molar-refractivity contribution is 5.25. The van der Waals surface area contributed by atoms with Crippen LogP contribution in [0.4, 0.5) is 0 Å². The van der Waals surface area contributed by atoms with E-state index in [4.69, 9.17) is 0 Å². The van der Waals surface area contributed by atoms with Crippen LogP contribution in [0.5, 0.6) is 0 Å². The van der Waals surface area contributed by atoms with E-state index in [1.807, 2.05) is 0 Å². The van der Waals surface area contributed by atoms with E-state index >= 15 is 0 Å². The second-order valence-corrected chi connectivity index (χ2v) is 5.38. The van der Waals surface area contributed by atoms with Crippen LogP contribution in [0, 0.1) is 6.92 Å². The molecule has 0 aliphatic rings. The summed E-state index contributed by atoms with van der Waals surface area (Å²) in [6, 6.07) is 9.07. The molecule has 0 aliphatic heterocycles. The van der Waals surface area contributed by atoms with E-state index < -0.39 is 0 Å². The molecular weight excluding hydrogens is 220 g/mol. The third-order valence-electron chi connectivity index (χ3n) is 2.96. The zero-order valence-corrected chi connectivity index (χ0v) is 12.2. The second kappa shape index (κ2) is 7.34. The van der Waals surface area contributed by atoms with Gasteiger partial charge in [0, 0.05) is 25.7 Å². The van der Waals surface area contributed by atoms with Crippen molar-refractivity contribution in [3.63, 3.8) is 0 Å². The normalized spacial score (nSPS) is 11.2. The smallest absolute Gasteiger partial charge is 0.0236 e. The molecular formula is C16H26N2. The highest BCUT2D eigenvalue weighted by Gasteiger charge is 2.04. The summed E-state index contributed by atoms with van der Waals surface area (Å²) in [7, 11) is 2.15. The molecule has 0 heterocycles. The zero-order chi connectivity index (χ0) is 13.5. The van der Waals surface area contributed by atoms with Crippen molar-refractivity contribution < 1.29 is 0 Å². The molecule has 0 radical (unpaired) electrons. The molecule has 2 heteroatoms. The van der Waals surface area contributed by atoms with E-state index in [0.717, 1.165) is 19.6 Å². The molecule has 0 saturated carbocycles. The lowest BCUT2D eigenvalue weighted by Gasteiger charge is -2.20. The van der Waals surface area contributed by atoms with Crippen molar-refractivity contribution >= 4 is 0 Å². The Labute approximate surface area is 112 Å². The first-order chi connectivity index (χ1) is 8.49. The molecule has 1 aromatic rings. The number of hydrogen-bond acceptors (Lipinski definition) is 2. The molecule has 0 fully saturated rings. The molecule has 0 bridgehead atoms. The predicted molar refractivity (Wildman–Crippen MR) is 79.8 cm³/mol. The van der Waals surface area contributed by atoms with Crippen molar-refractivity contribution in [3.05, 3.63) is 47.5 Å². The van der Waals surface area contributed by atoms with Gasteiger partial charge in [-0.1, -0.05) is 44.7 Å². The molecule has 1 rings (SSSR count). The van der Waals surface area contributed by atoms with Crippen LogP contribution < -0.4 is 5.32 Å². The lowest BCUT2D eigenvalue weighted by molar-refractivity contribution is 0.350. The van der Waals surface area contributed by atoms with Gasteiger partial charge in [0.15, 0.2) is 0 Å². The number of benzene rings is 1. The van der Waals surface area contributed by atoms with Crippen LogP contribution in [0.15, 0.2) is 36.4 Å². The van der Waals surface area contributed by atoms with Gasteiger partial charge in [-0.2, -0.15) is 0 Å². The average Bonchev–Trinajstić information content (AvgIpc) is 2.29. The topological polar surface area (TPSA) is 15.3 Å². The Morgan fingerprint density at radius 1 is 1.33 bits per heavy atom. The fourth-order valence-corrected chi connectivity index (χ4v) is 1.92. The summed E-state index contributed by atoms with van der Waals surface area (Å²) in [6.07, 6.45) is 0. The third kappa shape index (κ3) is 5.48. The maximum Gasteiger partial charge on any atom is 0.0236 e. The molecule has 0 aliphatic carbocycles. The fraction of sp³-hybridized carbons (Fsp3) is 0.500. The van der Waals surface area contributed by atoms with E-state index in [9.17, 15) is 0 Å². The van der Waals surface area contributed by atoms with Crippen LogP contribution >= 0.6 is 0 Å². The molecule has 0 unspecified atom stereocenters. The Morgan fingerprint density at radius 3 is 2.61 bits per heavy atom. The Balaban J connectivity index is 2.40. The van der Waals surface area contributed by atoms with E-state index in [2.05, 4.69) is 68.9 Å². The van der Waals surface area contributed by atoms with Crippen LogP contribution in [0.2, 0.25) is 0 Å². The number of aryl methyl sites for hydroxylation is 1. The van der Waals surface area contributed by atoms with Crippen molar-refractivity contribution in [1.82, 2.24) is 10.2 Å². The maximum atomic E-state index is 4.13. The SMILES string of the molecule is C=C(CNC(C)C)CN(C)Cc1ccccc1C. The Hall–Kier alpha value is -1.12. The first-order valence-corrected chi connectivity index (χ1v) is 6.62. The number of nitrogens with one attached hydrogen (secondary N) is 1. The van der Waals surface area contributed by atoms with Gasteiger partial charge >= 0.3 is 0 Å². The largest absolute Gasteiger partial charge is 0.311 e. The number of hydrogen-bond donors (Lipinski definition) is 1. The first-order valence-electron chi connectivity index (χ1n) is 6.62. The van der Waals surface area contributed by atoms with Crippen LogP contribution in [-0.2, 0) is 6.54 Å². The molecule has 100 valence electrons. The summed E-state index contributed by atoms with van der Waals surface area (Å²) in [5, 5.41) is 3.40. The number of likely N-dealkylation sites (N-methyl/N-ethyl adjacent to an activating group) is 1. The fourth-order valence-electron chi connectivity index (χ4n) is 1.92. The Kier molecular flexibility index (Phi) is 6.10. The minimum atomic E-state index is 0.517. The highest BCUT2D eigenvalue weighted by Crippen LogP contribution is 2.10. The summed E-state index contributed by atoms with van der Waals surface area (Å²) in [5.74, 6) is 0. The molecule has 2 nitrogen and oxygen atoms in total. The second-order valence-electron chi connectivity index (χ2n) is 5.38. The monoisotopic (exact) mass is 246 g/mol. The van der Waals surface area contributed by atoms with Crippen LogP contribution in [0.25, 0.3) is 0 Å². The third-order valence-corrected chi connectivity index (χ3v) is 2.96.